The van der Waals surface area contributed by atoms with Crippen molar-refractivity contribution < 1.29 is 19.1 Å². The van der Waals surface area contributed by atoms with Crippen molar-refractivity contribution in [3.63, 3.8) is 0 Å². The molecule has 3 amide bonds. The lowest BCUT2D eigenvalue weighted by molar-refractivity contribution is -0.139. The molecule has 0 saturated carbocycles. The van der Waals surface area contributed by atoms with Crippen molar-refractivity contribution in [2.75, 3.05) is 31.2 Å². The van der Waals surface area contributed by atoms with E-state index in [4.69, 9.17) is 4.74 Å². The maximum absolute atomic E-state index is 12.6. The van der Waals surface area contributed by atoms with Gasteiger partial charge in [0.25, 0.3) is 0 Å². The summed E-state index contributed by atoms with van der Waals surface area (Å²) in [6, 6.07) is 8.30. The zero-order valence-electron chi connectivity index (χ0n) is 16.5. The van der Waals surface area contributed by atoms with Crippen molar-refractivity contribution in [2.24, 2.45) is 0 Å². The first-order valence-electron chi connectivity index (χ1n) is 9.39. The highest BCUT2D eigenvalue weighted by atomic mass is 32.2. The zero-order valence-corrected chi connectivity index (χ0v) is 17.3. The average Bonchev–Trinajstić information content (AvgIpc) is 2.69. The minimum absolute atomic E-state index is 0.0353. The third-order valence-electron chi connectivity index (χ3n) is 4.37. The highest BCUT2D eigenvalue weighted by Gasteiger charge is 2.33. The maximum atomic E-state index is 12.6. The number of rotatable bonds is 9. The van der Waals surface area contributed by atoms with Crippen LogP contribution in [-0.2, 0) is 14.3 Å². The Bertz CT molecular complexity index is 732. The lowest BCUT2D eigenvalue weighted by atomic mass is 9.95. The second kappa shape index (κ2) is 10.8. The van der Waals surface area contributed by atoms with Gasteiger partial charge < -0.3 is 20.3 Å². The summed E-state index contributed by atoms with van der Waals surface area (Å²) < 4.78 is 5.23. The van der Waals surface area contributed by atoms with Crippen LogP contribution in [0.3, 0.4) is 0 Å². The first-order chi connectivity index (χ1) is 13.5. The second-order valence-corrected chi connectivity index (χ2v) is 7.10. The highest BCUT2D eigenvalue weighted by Crippen LogP contribution is 2.29. The number of thioether (sulfide) groups is 1. The third kappa shape index (κ3) is 5.51. The predicted octanol–water partition coefficient (Wildman–Crippen LogP) is 2.46. The van der Waals surface area contributed by atoms with Crippen LogP contribution in [0.25, 0.3) is 0 Å². The van der Waals surface area contributed by atoms with Crippen molar-refractivity contribution in [1.29, 1.82) is 0 Å². The lowest BCUT2D eigenvalue weighted by Crippen LogP contribution is -2.46. The summed E-state index contributed by atoms with van der Waals surface area (Å²) in [6.07, 6.45) is 0. The monoisotopic (exact) mass is 405 g/mol. The van der Waals surface area contributed by atoms with Crippen LogP contribution in [-0.4, -0.2) is 54.0 Å². The first kappa shape index (κ1) is 21.8. The molecule has 7 nitrogen and oxygen atoms in total. The highest BCUT2D eigenvalue weighted by molar-refractivity contribution is 8.00. The number of urea groups is 1. The molecule has 0 radical (unpaired) electrons. The van der Waals surface area contributed by atoms with E-state index in [9.17, 15) is 14.4 Å². The van der Waals surface area contributed by atoms with Gasteiger partial charge in [-0.1, -0.05) is 30.3 Å². The van der Waals surface area contributed by atoms with Crippen LogP contribution in [0.5, 0.6) is 0 Å². The van der Waals surface area contributed by atoms with E-state index < -0.39 is 12.0 Å². The molecule has 1 aromatic rings. The number of hydrogen-bond acceptors (Lipinski definition) is 5. The number of ether oxygens (including phenoxy) is 1. The molecule has 1 aliphatic heterocycles. The summed E-state index contributed by atoms with van der Waals surface area (Å²) in [4.78, 5) is 38.8. The minimum Gasteiger partial charge on any atom is -0.463 e. The molecule has 2 rings (SSSR count). The van der Waals surface area contributed by atoms with Gasteiger partial charge in [-0.25, -0.2) is 9.59 Å². The summed E-state index contributed by atoms with van der Waals surface area (Å²) in [5.41, 5.74) is 1.64. The van der Waals surface area contributed by atoms with E-state index >= 15 is 0 Å². The Labute approximate surface area is 169 Å². The molecule has 8 heteroatoms. The Morgan fingerprint density at radius 2 is 1.82 bits per heavy atom. The molecule has 1 unspecified atom stereocenters. The molecular formula is C20H27N3O4S. The Morgan fingerprint density at radius 3 is 2.43 bits per heavy atom. The van der Waals surface area contributed by atoms with Crippen LogP contribution in [0.1, 0.15) is 32.4 Å². The molecule has 28 heavy (non-hydrogen) atoms. The normalized spacial score (nSPS) is 16.2. The average molecular weight is 406 g/mol. The Hall–Kier alpha value is -2.48. The van der Waals surface area contributed by atoms with E-state index in [1.165, 1.54) is 11.8 Å². The molecular weight excluding hydrogens is 378 g/mol. The molecule has 0 spiro atoms. The van der Waals surface area contributed by atoms with Gasteiger partial charge in [0.05, 0.1) is 24.0 Å². The number of hydrogen-bond donors (Lipinski definition) is 2. The van der Waals surface area contributed by atoms with Crippen LogP contribution in [0.4, 0.5) is 4.79 Å². The zero-order chi connectivity index (χ0) is 20.5. The van der Waals surface area contributed by atoms with Gasteiger partial charge in [0.1, 0.15) is 0 Å². The molecule has 152 valence electrons. The third-order valence-corrected chi connectivity index (χ3v) is 5.31. The number of nitrogens with one attached hydrogen (secondary N) is 2. The second-order valence-electron chi connectivity index (χ2n) is 6.11. The van der Waals surface area contributed by atoms with Gasteiger partial charge in [-0.05, 0) is 26.3 Å². The van der Waals surface area contributed by atoms with Crippen molar-refractivity contribution in [1.82, 2.24) is 15.5 Å². The van der Waals surface area contributed by atoms with E-state index in [0.29, 0.717) is 30.1 Å². The van der Waals surface area contributed by atoms with E-state index in [1.54, 1.807) is 11.8 Å². The van der Waals surface area contributed by atoms with Crippen molar-refractivity contribution >= 4 is 29.7 Å². The Balaban J connectivity index is 2.25. The molecule has 0 aliphatic carbocycles. The molecule has 1 aliphatic rings. The van der Waals surface area contributed by atoms with Crippen LogP contribution in [0.2, 0.25) is 0 Å². The largest absolute Gasteiger partial charge is 0.463 e. The molecule has 0 saturated heterocycles. The van der Waals surface area contributed by atoms with Crippen LogP contribution < -0.4 is 10.6 Å². The Kier molecular flexibility index (Phi) is 8.38. The number of nitrogens with zero attached hydrogens (tertiary/aromatic N) is 1. The number of carbonyl (C=O) groups excluding carboxylic acids is 3. The predicted molar refractivity (Wildman–Crippen MR) is 110 cm³/mol. The van der Waals surface area contributed by atoms with Crippen molar-refractivity contribution in [3.05, 3.63) is 47.2 Å². The van der Waals surface area contributed by atoms with Crippen molar-refractivity contribution in [3.8, 4) is 0 Å². The molecule has 1 heterocycles. The SMILES string of the molecule is CCOC(=O)C1=C(CSCC(=O)N(CC)CC)NC(=O)NC1c1ccccc1. The van der Waals surface area contributed by atoms with Crippen LogP contribution in [0.15, 0.2) is 41.6 Å². The molecule has 1 atom stereocenters. The number of benzene rings is 1. The fourth-order valence-electron chi connectivity index (χ4n) is 2.99. The maximum Gasteiger partial charge on any atom is 0.338 e. The lowest BCUT2D eigenvalue weighted by Gasteiger charge is -2.29. The quantitative estimate of drug-likeness (QED) is 0.616. The fraction of sp³-hybridized carbons (Fsp3) is 0.450. The van der Waals surface area contributed by atoms with Gasteiger partial charge in [0.2, 0.25) is 5.91 Å². The summed E-state index contributed by atoms with van der Waals surface area (Å²) in [6.45, 7) is 7.16. The van der Waals surface area contributed by atoms with Crippen molar-refractivity contribution in [2.45, 2.75) is 26.8 Å². The first-order valence-corrected chi connectivity index (χ1v) is 10.5. The van der Waals surface area contributed by atoms with Gasteiger partial charge in [-0.15, -0.1) is 11.8 Å². The molecule has 0 aromatic heterocycles. The smallest absolute Gasteiger partial charge is 0.338 e. The van der Waals surface area contributed by atoms with Gasteiger partial charge in [-0.3, -0.25) is 4.79 Å². The molecule has 1 aromatic carbocycles. The van der Waals surface area contributed by atoms with E-state index in [2.05, 4.69) is 10.6 Å². The summed E-state index contributed by atoms with van der Waals surface area (Å²) >= 11 is 1.37. The minimum atomic E-state index is -0.594. The van der Waals surface area contributed by atoms with Crippen LogP contribution in [0, 0.1) is 0 Å². The molecule has 2 N–H and O–H groups in total. The van der Waals surface area contributed by atoms with Gasteiger partial charge in [0.15, 0.2) is 0 Å². The Morgan fingerprint density at radius 1 is 1.14 bits per heavy atom. The fourth-order valence-corrected chi connectivity index (χ4v) is 3.88. The van der Waals surface area contributed by atoms with Crippen LogP contribution >= 0.6 is 11.8 Å². The number of carbonyl (C=O) groups is 3. The molecule has 0 bridgehead atoms. The number of esters is 1. The summed E-state index contributed by atoms with van der Waals surface area (Å²) in [5.74, 6) is 0.168. The summed E-state index contributed by atoms with van der Waals surface area (Å²) in [5, 5.41) is 5.51. The van der Waals surface area contributed by atoms with E-state index in [0.717, 1.165) is 5.56 Å². The standard InChI is InChI=1S/C20H27N3O4S/c1-4-23(5-2)16(24)13-28-12-15-17(19(25)27-6-3)18(22-20(26)21-15)14-10-8-7-9-11-14/h7-11,18H,4-6,12-13H2,1-3H3,(H2,21,22,26). The molecule has 0 fully saturated rings. The van der Waals surface area contributed by atoms with E-state index in [1.807, 2.05) is 44.2 Å². The number of amides is 3. The van der Waals surface area contributed by atoms with Gasteiger partial charge in [-0.2, -0.15) is 0 Å². The summed E-state index contributed by atoms with van der Waals surface area (Å²) in [7, 11) is 0. The topological polar surface area (TPSA) is 87.7 Å². The van der Waals surface area contributed by atoms with Gasteiger partial charge in [0, 0.05) is 24.5 Å². The van der Waals surface area contributed by atoms with E-state index in [-0.39, 0.29) is 24.3 Å². The van der Waals surface area contributed by atoms with Gasteiger partial charge >= 0.3 is 12.0 Å².